The Labute approximate surface area is 132 Å². The van der Waals surface area contributed by atoms with E-state index in [9.17, 15) is 19.7 Å². The summed E-state index contributed by atoms with van der Waals surface area (Å²) in [6, 6.07) is 3.44. The zero-order valence-corrected chi connectivity index (χ0v) is 13.1. The number of benzene rings is 1. The maximum atomic E-state index is 11.8. The highest BCUT2D eigenvalue weighted by Gasteiger charge is 2.17. The lowest BCUT2D eigenvalue weighted by atomic mass is 10.2. The van der Waals surface area contributed by atoms with Crippen molar-refractivity contribution in [2.75, 3.05) is 6.61 Å². The number of non-ortho nitro benzene ring substituents is 1. The lowest BCUT2D eigenvalue weighted by Gasteiger charge is -2.14. The molecule has 120 valence electrons. The number of ether oxygens (including phenoxy) is 1. The summed E-state index contributed by atoms with van der Waals surface area (Å²) >= 11 is 5.81. The van der Waals surface area contributed by atoms with Gasteiger partial charge in [-0.3, -0.25) is 14.9 Å². The zero-order valence-electron chi connectivity index (χ0n) is 12.3. The highest BCUT2D eigenvalue weighted by atomic mass is 35.5. The van der Waals surface area contributed by atoms with Crippen LogP contribution >= 0.6 is 11.6 Å². The number of nitrogens with one attached hydrogen (secondary N) is 1. The number of nitro benzene ring substituents is 1. The third kappa shape index (κ3) is 5.00. The second-order valence-corrected chi connectivity index (χ2v) is 4.99. The van der Waals surface area contributed by atoms with Crippen molar-refractivity contribution in [1.29, 1.82) is 0 Å². The van der Waals surface area contributed by atoms with Crippen LogP contribution in [0, 0.1) is 10.1 Å². The molecule has 1 aromatic carbocycles. The summed E-state index contributed by atoms with van der Waals surface area (Å²) in [6.07, 6.45) is 1.56. The van der Waals surface area contributed by atoms with Crippen molar-refractivity contribution in [2.45, 2.75) is 32.7 Å². The van der Waals surface area contributed by atoms with Gasteiger partial charge in [0.1, 0.15) is 0 Å². The molecule has 8 heteroatoms. The van der Waals surface area contributed by atoms with Gasteiger partial charge in [0, 0.05) is 18.2 Å². The van der Waals surface area contributed by atoms with Crippen molar-refractivity contribution in [3.63, 3.8) is 0 Å². The number of nitrogens with zero attached hydrogens (tertiary/aromatic N) is 1. The number of nitro groups is 1. The van der Waals surface area contributed by atoms with Gasteiger partial charge in [-0.05, 0) is 18.9 Å². The van der Waals surface area contributed by atoms with Crippen molar-refractivity contribution >= 4 is 29.2 Å². The topological polar surface area (TPSA) is 98.5 Å². The summed E-state index contributed by atoms with van der Waals surface area (Å²) in [7, 11) is 0. The molecule has 0 aliphatic carbocycles. The minimum atomic E-state index is -0.806. The van der Waals surface area contributed by atoms with Gasteiger partial charge in [-0.15, -0.1) is 0 Å². The summed E-state index contributed by atoms with van der Waals surface area (Å²) in [5.74, 6) is -1.21. The van der Waals surface area contributed by atoms with Crippen molar-refractivity contribution in [2.24, 2.45) is 0 Å². The minimum Gasteiger partial charge on any atom is -0.452 e. The van der Waals surface area contributed by atoms with Crippen LogP contribution in [-0.4, -0.2) is 29.4 Å². The molecule has 0 aliphatic rings. The molecule has 0 bridgehead atoms. The Morgan fingerprint density at radius 3 is 2.50 bits per heavy atom. The average molecular weight is 329 g/mol. The lowest BCUT2D eigenvalue weighted by Crippen LogP contribution is -2.36. The van der Waals surface area contributed by atoms with E-state index in [1.54, 1.807) is 0 Å². The molecule has 0 atom stereocenters. The number of rotatable bonds is 7. The van der Waals surface area contributed by atoms with Gasteiger partial charge in [0.15, 0.2) is 6.61 Å². The summed E-state index contributed by atoms with van der Waals surface area (Å²) in [5, 5.41) is 13.2. The van der Waals surface area contributed by atoms with Crippen LogP contribution in [-0.2, 0) is 9.53 Å². The van der Waals surface area contributed by atoms with Crippen LogP contribution in [0.1, 0.15) is 37.0 Å². The summed E-state index contributed by atoms with van der Waals surface area (Å²) in [5.41, 5.74) is -0.254. The van der Waals surface area contributed by atoms with Gasteiger partial charge < -0.3 is 10.1 Å². The van der Waals surface area contributed by atoms with Gasteiger partial charge in [0.05, 0.1) is 15.5 Å². The normalized spacial score (nSPS) is 10.4. The molecule has 0 saturated heterocycles. The van der Waals surface area contributed by atoms with Gasteiger partial charge >= 0.3 is 5.97 Å². The Kier molecular flexibility index (Phi) is 6.78. The largest absolute Gasteiger partial charge is 0.452 e. The van der Waals surface area contributed by atoms with E-state index in [-0.39, 0.29) is 22.3 Å². The van der Waals surface area contributed by atoms with Crippen molar-refractivity contribution < 1.29 is 19.2 Å². The lowest BCUT2D eigenvalue weighted by molar-refractivity contribution is -0.384. The maximum Gasteiger partial charge on any atom is 0.340 e. The maximum absolute atomic E-state index is 11.8. The molecule has 22 heavy (non-hydrogen) atoms. The predicted molar refractivity (Wildman–Crippen MR) is 80.9 cm³/mol. The first-order valence-electron chi connectivity index (χ1n) is 6.79. The molecule has 1 N–H and O–H groups in total. The molecular formula is C14H17ClN2O5. The Bertz CT molecular complexity index is 572. The highest BCUT2D eigenvalue weighted by molar-refractivity contribution is 6.33. The monoisotopic (exact) mass is 328 g/mol. The third-order valence-corrected chi connectivity index (χ3v) is 3.38. The van der Waals surface area contributed by atoms with E-state index in [2.05, 4.69) is 5.32 Å². The fourth-order valence-electron chi connectivity index (χ4n) is 1.75. The minimum absolute atomic E-state index is 0.0254. The van der Waals surface area contributed by atoms with Gasteiger partial charge in [-0.1, -0.05) is 25.4 Å². The second kappa shape index (κ2) is 8.33. The molecule has 0 heterocycles. The van der Waals surface area contributed by atoms with Crippen molar-refractivity contribution in [3.05, 3.63) is 38.9 Å². The van der Waals surface area contributed by atoms with Crippen LogP contribution in [0.3, 0.4) is 0 Å². The van der Waals surface area contributed by atoms with Crippen LogP contribution in [0.2, 0.25) is 5.02 Å². The van der Waals surface area contributed by atoms with Crippen LogP contribution in [0.15, 0.2) is 18.2 Å². The van der Waals surface area contributed by atoms with E-state index in [1.165, 1.54) is 6.07 Å². The smallest absolute Gasteiger partial charge is 0.340 e. The third-order valence-electron chi connectivity index (χ3n) is 3.07. The number of hydrogen-bond acceptors (Lipinski definition) is 5. The highest BCUT2D eigenvalue weighted by Crippen LogP contribution is 2.23. The van der Waals surface area contributed by atoms with Crippen molar-refractivity contribution in [3.8, 4) is 0 Å². The van der Waals surface area contributed by atoms with Crippen LogP contribution in [0.4, 0.5) is 5.69 Å². The summed E-state index contributed by atoms with van der Waals surface area (Å²) in [4.78, 5) is 33.4. The number of halogens is 1. The van der Waals surface area contributed by atoms with Gasteiger partial charge in [0.25, 0.3) is 11.6 Å². The Morgan fingerprint density at radius 1 is 1.36 bits per heavy atom. The molecular weight excluding hydrogens is 312 g/mol. The molecule has 0 aromatic heterocycles. The van der Waals surface area contributed by atoms with Crippen molar-refractivity contribution in [1.82, 2.24) is 5.32 Å². The Morgan fingerprint density at radius 2 is 2.00 bits per heavy atom. The average Bonchev–Trinajstić information content (AvgIpc) is 2.49. The molecule has 0 unspecified atom stereocenters. The summed E-state index contributed by atoms with van der Waals surface area (Å²) < 4.78 is 4.86. The SMILES string of the molecule is CCC(CC)NC(=O)COC(=O)c1ccc([N+](=O)[O-])cc1Cl. The standard InChI is InChI=1S/C14H17ClN2O5/c1-3-9(4-2)16-13(18)8-22-14(19)11-6-5-10(17(20)21)7-12(11)15/h5-7,9H,3-4,8H2,1-2H3,(H,16,18). The Balaban J connectivity index is 2.62. The van der Waals surface area contributed by atoms with E-state index >= 15 is 0 Å². The first kappa shape index (κ1) is 17.9. The molecule has 1 aromatic rings. The van der Waals surface area contributed by atoms with Gasteiger partial charge in [-0.25, -0.2) is 4.79 Å². The first-order valence-corrected chi connectivity index (χ1v) is 7.17. The number of esters is 1. The first-order chi connectivity index (χ1) is 10.4. The number of hydrogen-bond donors (Lipinski definition) is 1. The van der Waals surface area contributed by atoms with E-state index in [0.717, 1.165) is 25.0 Å². The molecule has 0 fully saturated rings. The van der Waals surface area contributed by atoms with E-state index in [4.69, 9.17) is 16.3 Å². The molecule has 0 radical (unpaired) electrons. The van der Waals surface area contributed by atoms with Crippen LogP contribution in [0.25, 0.3) is 0 Å². The molecule has 0 aliphatic heterocycles. The summed E-state index contributed by atoms with van der Waals surface area (Å²) in [6.45, 7) is 3.46. The van der Waals surface area contributed by atoms with E-state index < -0.39 is 23.4 Å². The van der Waals surface area contributed by atoms with Gasteiger partial charge in [-0.2, -0.15) is 0 Å². The fourth-order valence-corrected chi connectivity index (χ4v) is 2.01. The number of carbonyl (C=O) groups excluding carboxylic acids is 2. The molecule has 1 rings (SSSR count). The molecule has 0 spiro atoms. The number of carbonyl (C=O) groups is 2. The second-order valence-electron chi connectivity index (χ2n) is 4.58. The molecule has 0 saturated carbocycles. The predicted octanol–water partition coefficient (Wildman–Crippen LogP) is 2.71. The zero-order chi connectivity index (χ0) is 16.7. The van der Waals surface area contributed by atoms with E-state index in [1.807, 2.05) is 13.8 Å². The van der Waals surface area contributed by atoms with Crippen LogP contribution < -0.4 is 5.32 Å². The molecule has 7 nitrogen and oxygen atoms in total. The van der Waals surface area contributed by atoms with Gasteiger partial charge in [0.2, 0.25) is 0 Å². The molecule has 1 amide bonds. The fraction of sp³-hybridized carbons (Fsp3) is 0.429. The number of amides is 1. The quantitative estimate of drug-likeness (QED) is 0.471. The van der Waals surface area contributed by atoms with Crippen LogP contribution in [0.5, 0.6) is 0 Å². The van der Waals surface area contributed by atoms with E-state index in [0.29, 0.717) is 0 Å². The Hall–Kier alpha value is -2.15.